The summed E-state index contributed by atoms with van der Waals surface area (Å²) in [6, 6.07) is 7.14. The van der Waals surface area contributed by atoms with E-state index in [-0.39, 0.29) is 0 Å². The summed E-state index contributed by atoms with van der Waals surface area (Å²) in [4.78, 5) is 11.3. The molecular formula is C12H16BrNO2. The van der Waals surface area contributed by atoms with Gasteiger partial charge in [-0.2, -0.15) is 0 Å². The van der Waals surface area contributed by atoms with Crippen molar-refractivity contribution in [3.63, 3.8) is 0 Å². The van der Waals surface area contributed by atoms with Crippen molar-refractivity contribution >= 4 is 21.9 Å². The zero-order valence-corrected chi connectivity index (χ0v) is 10.8. The van der Waals surface area contributed by atoms with Crippen LogP contribution in [-0.4, -0.2) is 11.1 Å². The first kappa shape index (κ1) is 13.2. The van der Waals surface area contributed by atoms with E-state index in [1.54, 1.807) is 12.1 Å². The van der Waals surface area contributed by atoms with Crippen LogP contribution >= 0.6 is 15.9 Å². The first-order chi connectivity index (χ1) is 7.50. The van der Waals surface area contributed by atoms with Gasteiger partial charge in [0.05, 0.1) is 0 Å². The largest absolute Gasteiger partial charge is 0.480 e. The van der Waals surface area contributed by atoms with Crippen molar-refractivity contribution in [3.8, 4) is 0 Å². The summed E-state index contributed by atoms with van der Waals surface area (Å²) in [6.45, 7) is 2.02. The number of benzene rings is 1. The Balaban J connectivity index is 3.01. The predicted octanol–water partition coefficient (Wildman–Crippen LogP) is 2.88. The molecule has 16 heavy (non-hydrogen) atoms. The number of aliphatic carboxylic acids is 1. The Bertz CT molecular complexity index is 364. The van der Waals surface area contributed by atoms with Crippen LogP contribution in [0, 0.1) is 0 Å². The smallest absolute Gasteiger partial charge is 0.328 e. The van der Waals surface area contributed by atoms with Crippen LogP contribution in [-0.2, 0) is 10.3 Å². The minimum atomic E-state index is -1.27. The summed E-state index contributed by atoms with van der Waals surface area (Å²) < 4.78 is 0.916. The minimum absolute atomic E-state index is 0.459. The zero-order valence-electron chi connectivity index (χ0n) is 9.24. The molecule has 1 rings (SSSR count). The number of carbonyl (C=O) groups is 1. The second kappa shape index (κ2) is 5.46. The summed E-state index contributed by atoms with van der Waals surface area (Å²) in [6.07, 6.45) is 2.20. The fraction of sp³-hybridized carbons (Fsp3) is 0.417. The molecule has 0 radical (unpaired) electrons. The van der Waals surface area contributed by atoms with E-state index in [0.717, 1.165) is 17.3 Å². The molecular weight excluding hydrogens is 270 g/mol. The summed E-state index contributed by atoms with van der Waals surface area (Å²) in [5.41, 5.74) is 5.37. The van der Waals surface area contributed by atoms with Gasteiger partial charge in [0.25, 0.3) is 0 Å². The van der Waals surface area contributed by atoms with E-state index in [1.165, 1.54) is 0 Å². The van der Waals surface area contributed by atoms with Gasteiger partial charge in [-0.3, -0.25) is 0 Å². The molecule has 0 bridgehead atoms. The molecule has 4 heteroatoms. The van der Waals surface area contributed by atoms with Crippen LogP contribution in [0.25, 0.3) is 0 Å². The Morgan fingerprint density at radius 3 is 2.44 bits per heavy atom. The maximum atomic E-state index is 11.3. The maximum Gasteiger partial charge on any atom is 0.328 e. The second-order valence-corrected chi connectivity index (χ2v) is 4.80. The number of halogens is 1. The number of hydrogen-bond donors (Lipinski definition) is 2. The summed E-state index contributed by atoms with van der Waals surface area (Å²) in [7, 11) is 0. The molecule has 0 spiro atoms. The van der Waals surface area contributed by atoms with Crippen LogP contribution in [0.2, 0.25) is 0 Å². The van der Waals surface area contributed by atoms with Crippen molar-refractivity contribution in [2.45, 2.75) is 31.7 Å². The summed E-state index contributed by atoms with van der Waals surface area (Å²) in [5.74, 6) is -0.969. The van der Waals surface area contributed by atoms with E-state index in [4.69, 9.17) is 5.73 Å². The molecule has 0 unspecified atom stereocenters. The highest BCUT2D eigenvalue weighted by atomic mass is 79.9. The molecule has 0 fully saturated rings. The number of unbranched alkanes of at least 4 members (excludes halogenated alkanes) is 1. The van der Waals surface area contributed by atoms with Crippen LogP contribution in [0.15, 0.2) is 28.7 Å². The predicted molar refractivity (Wildman–Crippen MR) is 67.2 cm³/mol. The zero-order chi connectivity index (χ0) is 12.2. The Kier molecular flexibility index (Phi) is 4.50. The fourth-order valence-corrected chi connectivity index (χ4v) is 1.84. The van der Waals surface area contributed by atoms with Crippen molar-refractivity contribution in [2.24, 2.45) is 5.73 Å². The topological polar surface area (TPSA) is 63.3 Å². The van der Waals surface area contributed by atoms with Crippen molar-refractivity contribution in [1.29, 1.82) is 0 Å². The van der Waals surface area contributed by atoms with Crippen molar-refractivity contribution < 1.29 is 9.90 Å². The molecule has 3 nitrogen and oxygen atoms in total. The van der Waals surface area contributed by atoms with Gasteiger partial charge in [0, 0.05) is 4.47 Å². The third-order valence-electron chi connectivity index (χ3n) is 2.67. The van der Waals surface area contributed by atoms with E-state index < -0.39 is 11.5 Å². The molecule has 0 aromatic heterocycles. The van der Waals surface area contributed by atoms with Crippen LogP contribution in [0.3, 0.4) is 0 Å². The molecule has 1 aromatic rings. The van der Waals surface area contributed by atoms with Gasteiger partial charge in [0.15, 0.2) is 0 Å². The highest BCUT2D eigenvalue weighted by Crippen LogP contribution is 2.26. The van der Waals surface area contributed by atoms with Crippen LogP contribution in [0.1, 0.15) is 31.7 Å². The standard InChI is InChI=1S/C12H16BrNO2/c1-2-3-8-12(14,11(15)16)9-4-6-10(13)7-5-9/h4-7H,2-3,8,14H2,1H3,(H,15,16)/t12-/m0/s1. The lowest BCUT2D eigenvalue weighted by atomic mass is 9.86. The quantitative estimate of drug-likeness (QED) is 0.874. The van der Waals surface area contributed by atoms with Crippen molar-refractivity contribution in [1.82, 2.24) is 0 Å². The van der Waals surface area contributed by atoms with Gasteiger partial charge in [-0.1, -0.05) is 47.8 Å². The number of nitrogens with two attached hydrogens (primary N) is 1. The van der Waals surface area contributed by atoms with Gasteiger partial charge in [-0.05, 0) is 24.1 Å². The Morgan fingerprint density at radius 1 is 1.44 bits per heavy atom. The molecule has 0 amide bonds. The third kappa shape index (κ3) is 2.83. The van der Waals surface area contributed by atoms with Crippen LogP contribution < -0.4 is 5.73 Å². The van der Waals surface area contributed by atoms with Gasteiger partial charge < -0.3 is 10.8 Å². The number of rotatable bonds is 5. The average molecular weight is 286 g/mol. The van der Waals surface area contributed by atoms with Gasteiger partial charge >= 0.3 is 5.97 Å². The van der Waals surface area contributed by atoms with Crippen LogP contribution in [0.5, 0.6) is 0 Å². The molecule has 0 heterocycles. The Labute approximate surface area is 104 Å². The molecule has 1 aromatic carbocycles. The average Bonchev–Trinajstić information content (AvgIpc) is 2.26. The number of hydrogen-bond acceptors (Lipinski definition) is 2. The van der Waals surface area contributed by atoms with E-state index in [9.17, 15) is 9.90 Å². The lowest BCUT2D eigenvalue weighted by molar-refractivity contribution is -0.144. The van der Waals surface area contributed by atoms with Gasteiger partial charge in [0.1, 0.15) is 5.54 Å². The highest BCUT2D eigenvalue weighted by molar-refractivity contribution is 9.10. The summed E-state index contributed by atoms with van der Waals surface area (Å²) in [5, 5.41) is 9.25. The second-order valence-electron chi connectivity index (χ2n) is 3.89. The van der Waals surface area contributed by atoms with Crippen molar-refractivity contribution in [2.75, 3.05) is 0 Å². The monoisotopic (exact) mass is 285 g/mol. The SMILES string of the molecule is CCCC[C@@](N)(C(=O)O)c1ccc(Br)cc1. The first-order valence-corrected chi connectivity index (χ1v) is 6.08. The summed E-state index contributed by atoms with van der Waals surface area (Å²) >= 11 is 3.31. The Morgan fingerprint density at radius 2 is 2.00 bits per heavy atom. The van der Waals surface area contributed by atoms with Crippen molar-refractivity contribution in [3.05, 3.63) is 34.3 Å². The van der Waals surface area contributed by atoms with Crippen LogP contribution in [0.4, 0.5) is 0 Å². The molecule has 0 aliphatic heterocycles. The fourth-order valence-electron chi connectivity index (χ4n) is 1.58. The number of carboxylic acids is 1. The molecule has 1 atom stereocenters. The minimum Gasteiger partial charge on any atom is -0.480 e. The molecule has 0 saturated carbocycles. The maximum absolute atomic E-state index is 11.3. The third-order valence-corrected chi connectivity index (χ3v) is 3.19. The molecule has 0 saturated heterocycles. The molecule has 0 aliphatic rings. The van der Waals surface area contributed by atoms with Gasteiger partial charge in [0.2, 0.25) is 0 Å². The lowest BCUT2D eigenvalue weighted by Crippen LogP contribution is -2.44. The van der Waals surface area contributed by atoms with E-state index in [1.807, 2.05) is 19.1 Å². The number of carboxylic acid groups (broad SMARTS) is 1. The first-order valence-electron chi connectivity index (χ1n) is 5.29. The molecule has 3 N–H and O–H groups in total. The normalized spacial score (nSPS) is 14.4. The van der Waals surface area contributed by atoms with E-state index >= 15 is 0 Å². The molecule has 88 valence electrons. The van der Waals surface area contributed by atoms with E-state index in [2.05, 4.69) is 15.9 Å². The van der Waals surface area contributed by atoms with Gasteiger partial charge in [-0.25, -0.2) is 4.79 Å². The highest BCUT2D eigenvalue weighted by Gasteiger charge is 2.35. The lowest BCUT2D eigenvalue weighted by Gasteiger charge is -2.25. The van der Waals surface area contributed by atoms with E-state index in [0.29, 0.717) is 12.0 Å². The molecule has 0 aliphatic carbocycles. The van der Waals surface area contributed by atoms with Gasteiger partial charge in [-0.15, -0.1) is 0 Å². The Hall–Kier alpha value is -0.870.